The Kier molecular flexibility index (Phi) is 3.84. The molecule has 4 nitrogen and oxygen atoms in total. The summed E-state index contributed by atoms with van der Waals surface area (Å²) in [5.41, 5.74) is 5.51. The zero-order valence-corrected chi connectivity index (χ0v) is 13.0. The monoisotopic (exact) mass is 364 g/mol. The van der Waals surface area contributed by atoms with E-state index in [9.17, 15) is 12.8 Å². The van der Waals surface area contributed by atoms with Crippen LogP contribution >= 0.6 is 27.3 Å². The summed E-state index contributed by atoms with van der Waals surface area (Å²) in [5, 5.41) is 0. The topological polar surface area (TPSA) is 72.2 Å². The minimum Gasteiger partial charge on any atom is -0.396 e. The van der Waals surface area contributed by atoms with Gasteiger partial charge in [0.1, 0.15) is 10.7 Å². The van der Waals surface area contributed by atoms with E-state index in [1.807, 2.05) is 0 Å². The average molecular weight is 365 g/mol. The first-order chi connectivity index (χ1) is 8.79. The number of hydrogen-bond acceptors (Lipinski definition) is 4. The number of anilines is 2. The molecule has 0 radical (unpaired) electrons. The minimum absolute atomic E-state index is 0.108. The summed E-state index contributed by atoms with van der Waals surface area (Å²) in [4.78, 5) is 0.849. The highest BCUT2D eigenvalue weighted by atomic mass is 79.9. The first-order valence-electron chi connectivity index (χ1n) is 5.13. The quantitative estimate of drug-likeness (QED) is 0.820. The molecule has 2 aromatic rings. The van der Waals surface area contributed by atoms with Gasteiger partial charge in [0.15, 0.2) is 0 Å². The predicted octanol–water partition coefficient (Wildman–Crippen LogP) is 3.34. The van der Waals surface area contributed by atoms with Crippen LogP contribution in [-0.4, -0.2) is 8.42 Å². The minimum atomic E-state index is -3.70. The van der Waals surface area contributed by atoms with E-state index in [4.69, 9.17) is 5.73 Å². The van der Waals surface area contributed by atoms with Gasteiger partial charge in [0.25, 0.3) is 10.0 Å². The second kappa shape index (κ2) is 5.10. The lowest BCUT2D eigenvalue weighted by Gasteiger charge is -2.08. The molecule has 0 saturated carbocycles. The van der Waals surface area contributed by atoms with Crippen molar-refractivity contribution in [1.29, 1.82) is 0 Å². The summed E-state index contributed by atoms with van der Waals surface area (Å²) in [6.45, 7) is 1.71. The molecule has 1 aromatic heterocycles. The van der Waals surface area contributed by atoms with Crippen molar-refractivity contribution in [2.45, 2.75) is 11.8 Å². The zero-order valence-electron chi connectivity index (χ0n) is 9.78. The van der Waals surface area contributed by atoms with E-state index in [0.29, 0.717) is 4.88 Å². The molecule has 0 amide bonds. The fourth-order valence-corrected chi connectivity index (χ4v) is 4.98. The number of rotatable bonds is 3. The molecule has 0 atom stereocenters. The van der Waals surface area contributed by atoms with E-state index in [0.717, 1.165) is 9.85 Å². The molecule has 1 aromatic carbocycles. The number of aryl methyl sites for hydroxylation is 1. The van der Waals surface area contributed by atoms with Gasteiger partial charge in [0, 0.05) is 4.88 Å². The second-order valence-electron chi connectivity index (χ2n) is 3.81. The molecular formula is C11H10BrFN2O2S2. The molecule has 102 valence electrons. The fraction of sp³-hybridized carbons (Fsp3) is 0.0909. The van der Waals surface area contributed by atoms with E-state index >= 15 is 0 Å². The molecule has 0 aliphatic carbocycles. The fourth-order valence-electron chi connectivity index (χ4n) is 1.51. The summed E-state index contributed by atoms with van der Waals surface area (Å²) in [7, 11) is -3.70. The molecule has 3 N–H and O–H groups in total. The number of sulfonamides is 1. The number of halogens is 2. The van der Waals surface area contributed by atoms with Gasteiger partial charge in [0.2, 0.25) is 0 Å². The van der Waals surface area contributed by atoms with Crippen molar-refractivity contribution in [1.82, 2.24) is 0 Å². The Labute approximate surface area is 122 Å². The molecular weight excluding hydrogens is 355 g/mol. The number of benzene rings is 1. The van der Waals surface area contributed by atoms with Crippen LogP contribution in [0.4, 0.5) is 15.8 Å². The SMILES string of the molecule is Cc1sc(Br)cc1S(=O)(=O)Nc1ccc(F)c(N)c1. The van der Waals surface area contributed by atoms with Crippen molar-refractivity contribution >= 4 is 48.7 Å². The van der Waals surface area contributed by atoms with E-state index in [1.54, 1.807) is 6.92 Å². The van der Waals surface area contributed by atoms with Crippen LogP contribution in [0, 0.1) is 12.7 Å². The number of nitrogens with two attached hydrogens (primary N) is 1. The third-order valence-electron chi connectivity index (χ3n) is 2.38. The van der Waals surface area contributed by atoms with Crippen molar-refractivity contribution in [2.75, 3.05) is 10.5 Å². The molecule has 0 aliphatic rings. The Balaban J connectivity index is 2.36. The van der Waals surface area contributed by atoms with Crippen LogP contribution in [0.25, 0.3) is 0 Å². The van der Waals surface area contributed by atoms with Crippen molar-refractivity contribution in [3.8, 4) is 0 Å². The first-order valence-corrected chi connectivity index (χ1v) is 8.22. The van der Waals surface area contributed by atoms with Crippen molar-refractivity contribution < 1.29 is 12.8 Å². The summed E-state index contributed by atoms with van der Waals surface area (Å²) < 4.78 is 40.5. The van der Waals surface area contributed by atoms with Gasteiger partial charge in [-0.25, -0.2) is 12.8 Å². The van der Waals surface area contributed by atoms with Crippen LogP contribution in [0.15, 0.2) is 32.9 Å². The van der Waals surface area contributed by atoms with Crippen LogP contribution in [-0.2, 0) is 10.0 Å². The highest BCUT2D eigenvalue weighted by Gasteiger charge is 2.19. The van der Waals surface area contributed by atoms with Crippen molar-refractivity contribution in [3.63, 3.8) is 0 Å². The normalized spacial score (nSPS) is 11.5. The van der Waals surface area contributed by atoms with Crippen LogP contribution in [0.2, 0.25) is 0 Å². The first kappa shape index (κ1) is 14.3. The summed E-state index contributed by atoms with van der Waals surface area (Å²) in [6.07, 6.45) is 0. The van der Waals surface area contributed by atoms with Gasteiger partial charge < -0.3 is 5.73 Å². The van der Waals surface area contributed by atoms with Gasteiger partial charge in [-0.3, -0.25) is 4.72 Å². The van der Waals surface area contributed by atoms with Gasteiger partial charge in [-0.05, 0) is 47.1 Å². The Morgan fingerprint density at radius 3 is 2.58 bits per heavy atom. The summed E-state index contributed by atoms with van der Waals surface area (Å²) >= 11 is 4.56. The Hall–Kier alpha value is -1.12. The maximum atomic E-state index is 13.0. The maximum Gasteiger partial charge on any atom is 0.263 e. The molecule has 0 saturated heterocycles. The third kappa shape index (κ3) is 3.07. The predicted molar refractivity (Wildman–Crippen MR) is 78.4 cm³/mol. The highest BCUT2D eigenvalue weighted by molar-refractivity contribution is 9.11. The van der Waals surface area contributed by atoms with Gasteiger partial charge >= 0.3 is 0 Å². The molecule has 8 heteroatoms. The average Bonchev–Trinajstić information content (AvgIpc) is 2.63. The van der Waals surface area contributed by atoms with E-state index < -0.39 is 15.8 Å². The highest BCUT2D eigenvalue weighted by Crippen LogP contribution is 2.31. The largest absolute Gasteiger partial charge is 0.396 e. The smallest absolute Gasteiger partial charge is 0.263 e. The lowest BCUT2D eigenvalue weighted by Crippen LogP contribution is -2.13. The van der Waals surface area contributed by atoms with Crippen LogP contribution in [0.5, 0.6) is 0 Å². The summed E-state index contributed by atoms with van der Waals surface area (Å²) in [5.74, 6) is -0.586. The molecule has 0 spiro atoms. The van der Waals surface area contributed by atoms with Crippen LogP contribution < -0.4 is 10.5 Å². The Bertz CT molecular complexity index is 728. The molecule has 0 fully saturated rings. The van der Waals surface area contributed by atoms with Crippen LogP contribution in [0.1, 0.15) is 4.88 Å². The number of thiophene rings is 1. The van der Waals surface area contributed by atoms with Gasteiger partial charge in [-0.2, -0.15) is 0 Å². The second-order valence-corrected chi connectivity index (χ2v) is 8.10. The molecule has 1 heterocycles. The third-order valence-corrected chi connectivity index (χ3v) is 5.57. The van der Waals surface area contributed by atoms with Gasteiger partial charge in [0.05, 0.1) is 15.2 Å². The van der Waals surface area contributed by atoms with E-state index in [1.165, 1.54) is 29.5 Å². The number of hydrogen-bond donors (Lipinski definition) is 2. The summed E-state index contributed by atoms with van der Waals surface area (Å²) in [6, 6.07) is 5.20. The van der Waals surface area contributed by atoms with Gasteiger partial charge in [-0.15, -0.1) is 11.3 Å². The lowest BCUT2D eigenvalue weighted by atomic mass is 10.3. The molecule has 0 bridgehead atoms. The van der Waals surface area contributed by atoms with Crippen molar-refractivity contribution in [3.05, 3.63) is 38.7 Å². The molecule has 0 unspecified atom stereocenters. The molecule has 19 heavy (non-hydrogen) atoms. The van der Waals surface area contributed by atoms with Crippen molar-refractivity contribution in [2.24, 2.45) is 0 Å². The van der Waals surface area contributed by atoms with E-state index in [2.05, 4.69) is 20.7 Å². The Morgan fingerprint density at radius 2 is 2.05 bits per heavy atom. The standard InChI is InChI=1S/C11H10BrFN2O2S2/c1-6-10(5-11(12)18-6)19(16,17)15-7-2-3-8(13)9(14)4-7/h2-5,15H,14H2,1H3. The van der Waals surface area contributed by atoms with E-state index in [-0.39, 0.29) is 16.3 Å². The molecule has 2 rings (SSSR count). The van der Waals surface area contributed by atoms with Gasteiger partial charge in [-0.1, -0.05) is 0 Å². The zero-order chi connectivity index (χ0) is 14.2. The number of nitrogen functional groups attached to an aromatic ring is 1. The Morgan fingerprint density at radius 1 is 1.37 bits per heavy atom. The number of nitrogens with one attached hydrogen (secondary N) is 1. The molecule has 0 aliphatic heterocycles. The lowest BCUT2D eigenvalue weighted by molar-refractivity contribution is 0.601. The maximum absolute atomic E-state index is 13.0. The van der Waals surface area contributed by atoms with Crippen LogP contribution in [0.3, 0.4) is 0 Å².